The third-order valence-electron chi connectivity index (χ3n) is 5.14. The molecule has 0 N–H and O–H groups in total. The lowest BCUT2D eigenvalue weighted by atomic mass is 9.46. The van der Waals surface area contributed by atoms with E-state index >= 15 is 0 Å². The van der Waals surface area contributed by atoms with Gasteiger partial charge < -0.3 is 0 Å². The molecule has 0 unspecified atom stereocenters. The first-order valence-corrected chi connectivity index (χ1v) is 10.5. The van der Waals surface area contributed by atoms with Crippen molar-refractivity contribution in [3.05, 3.63) is 35.9 Å². The number of aryl methyl sites for hydroxylation is 1. The third-order valence-corrected chi connectivity index (χ3v) is 7.02. The molecule has 0 aromatic carbocycles. The zero-order valence-corrected chi connectivity index (χ0v) is 17.1. The predicted octanol–water partition coefficient (Wildman–Crippen LogP) is -0.655. The number of halogens is 2. The van der Waals surface area contributed by atoms with E-state index in [0.717, 1.165) is 6.20 Å². The molecule has 1 aliphatic heterocycles. The van der Waals surface area contributed by atoms with Gasteiger partial charge in [-0.05, 0) is 41.1 Å². The van der Waals surface area contributed by atoms with Gasteiger partial charge in [-0.15, -0.1) is 5.10 Å². The number of hydrogen-bond donors (Lipinski definition) is 0. The molecule has 0 saturated carbocycles. The van der Waals surface area contributed by atoms with E-state index < -0.39 is 38.1 Å². The molecule has 4 heterocycles. The van der Waals surface area contributed by atoms with Gasteiger partial charge in [0.05, 0.1) is 37.6 Å². The molecule has 31 heavy (non-hydrogen) atoms. The Balaban J connectivity index is 1.79. The smallest absolute Gasteiger partial charge is 0.254 e. The maximum Gasteiger partial charge on any atom is 0.264 e. The number of rotatable bonds is 4. The van der Waals surface area contributed by atoms with Crippen LogP contribution < -0.4 is 0 Å². The maximum atomic E-state index is 13.8. The minimum Gasteiger partial charge on any atom is -0.254 e. The van der Waals surface area contributed by atoms with Crippen LogP contribution in [0.5, 0.6) is 0 Å². The number of alkyl halides is 2. The summed E-state index contributed by atoms with van der Waals surface area (Å²) in [6, 6.07) is 1.19. The number of aromatic nitrogens is 6. The van der Waals surface area contributed by atoms with E-state index in [1.165, 1.54) is 34.8 Å². The van der Waals surface area contributed by atoms with Gasteiger partial charge in [0.1, 0.15) is 6.33 Å². The molecule has 16 heteroatoms. The summed E-state index contributed by atoms with van der Waals surface area (Å²) in [5.74, 6) is -0.795. The Labute approximate surface area is 182 Å². The molecular formula is C15H13B4F2N7O2S. The number of hydrogen-bond acceptors (Lipinski definition) is 6. The number of nitrogens with zero attached hydrogens (tertiary/aromatic N) is 7. The van der Waals surface area contributed by atoms with Crippen LogP contribution >= 0.6 is 0 Å². The molecule has 1 saturated heterocycles. The van der Waals surface area contributed by atoms with E-state index in [4.69, 9.17) is 31.4 Å². The van der Waals surface area contributed by atoms with Crippen molar-refractivity contribution in [2.24, 2.45) is 7.05 Å². The molecule has 0 spiro atoms. The van der Waals surface area contributed by atoms with Gasteiger partial charge in [-0.2, -0.15) is 5.10 Å². The van der Waals surface area contributed by atoms with Crippen LogP contribution in [0.25, 0.3) is 5.65 Å². The van der Waals surface area contributed by atoms with Crippen LogP contribution in [0, 0.1) is 0 Å². The van der Waals surface area contributed by atoms with Gasteiger partial charge >= 0.3 is 0 Å². The lowest BCUT2D eigenvalue weighted by Crippen LogP contribution is -2.68. The summed E-state index contributed by atoms with van der Waals surface area (Å²) >= 11 is 0. The van der Waals surface area contributed by atoms with Crippen LogP contribution in [0.3, 0.4) is 0 Å². The van der Waals surface area contributed by atoms with Crippen LogP contribution in [0.15, 0.2) is 29.8 Å². The fourth-order valence-electron chi connectivity index (χ4n) is 4.04. The minimum atomic E-state index is -4.45. The van der Waals surface area contributed by atoms with Crippen LogP contribution in [0.2, 0.25) is 0 Å². The van der Waals surface area contributed by atoms with E-state index in [1.807, 2.05) is 0 Å². The Hall–Kier alpha value is -2.21. The molecule has 4 rings (SSSR count). The standard InChI is InChI=1S/C15H13B4F2N7O2S/c1-26-6-12(24-25-26)31(29,30)28-14(16,17)3-8(4-15(28,18)19)10-5-27-11(22-7-23-27)2-9(10)13(20)21/h2,5-8,13H,3-4H2,1H3. The Kier molecular flexibility index (Phi) is 5.08. The fraction of sp³-hybridized carbons (Fsp3) is 0.467. The van der Waals surface area contributed by atoms with Crippen molar-refractivity contribution in [1.29, 1.82) is 0 Å². The summed E-state index contributed by atoms with van der Waals surface area (Å²) in [7, 11) is 21.7. The largest absolute Gasteiger partial charge is 0.264 e. The first-order valence-electron chi connectivity index (χ1n) is 9.01. The summed E-state index contributed by atoms with van der Waals surface area (Å²) in [5, 5.41) is 6.45. The Morgan fingerprint density at radius 2 is 1.81 bits per heavy atom. The molecule has 0 atom stereocenters. The van der Waals surface area contributed by atoms with E-state index in [0.29, 0.717) is 4.31 Å². The minimum absolute atomic E-state index is 0.144. The fourth-order valence-corrected chi connectivity index (χ4v) is 5.70. The second-order valence-electron chi connectivity index (χ2n) is 7.64. The van der Waals surface area contributed by atoms with Crippen LogP contribution in [-0.2, 0) is 17.1 Å². The summed E-state index contributed by atoms with van der Waals surface area (Å²) in [6.45, 7) is 0. The number of piperidine rings is 1. The van der Waals surface area contributed by atoms with E-state index in [1.54, 1.807) is 0 Å². The van der Waals surface area contributed by atoms with Gasteiger partial charge in [0.2, 0.25) is 5.03 Å². The molecule has 1 fully saturated rings. The topological polar surface area (TPSA) is 98.3 Å². The average Bonchev–Trinajstić information content (AvgIpc) is 3.26. The molecule has 3 aromatic rings. The summed E-state index contributed by atoms with van der Waals surface area (Å²) in [6.07, 6.45) is 0.393. The van der Waals surface area contributed by atoms with E-state index in [-0.39, 0.29) is 29.6 Å². The molecule has 8 radical (unpaired) electrons. The molecule has 3 aromatic heterocycles. The second kappa shape index (κ2) is 7.16. The van der Waals surface area contributed by atoms with Crippen LogP contribution in [0.1, 0.15) is 36.3 Å². The normalized spacial score (nSPS) is 19.9. The van der Waals surface area contributed by atoms with Gasteiger partial charge in [0.15, 0.2) is 5.65 Å². The summed E-state index contributed by atoms with van der Waals surface area (Å²) < 4.78 is 56.9. The van der Waals surface area contributed by atoms with Gasteiger partial charge in [0.25, 0.3) is 16.4 Å². The average molecular weight is 437 g/mol. The maximum absolute atomic E-state index is 13.8. The highest BCUT2D eigenvalue weighted by atomic mass is 32.2. The van der Waals surface area contributed by atoms with Crippen LogP contribution in [-0.4, -0.2) is 84.4 Å². The summed E-state index contributed by atoms with van der Waals surface area (Å²) in [5.41, 5.74) is 0.0488. The Morgan fingerprint density at radius 1 is 1.16 bits per heavy atom. The number of sulfonamides is 1. The van der Waals surface area contributed by atoms with Gasteiger partial charge in [0, 0.05) is 18.8 Å². The molecule has 152 valence electrons. The quantitative estimate of drug-likeness (QED) is 0.504. The molecule has 0 amide bonds. The number of pyridine rings is 1. The highest BCUT2D eigenvalue weighted by Gasteiger charge is 2.51. The van der Waals surface area contributed by atoms with E-state index in [2.05, 4.69) is 20.4 Å². The van der Waals surface area contributed by atoms with Gasteiger partial charge in [-0.1, -0.05) is 5.21 Å². The molecular weight excluding hydrogens is 424 g/mol. The zero-order chi connectivity index (χ0) is 22.8. The highest BCUT2D eigenvalue weighted by molar-refractivity contribution is 7.89. The predicted molar refractivity (Wildman–Crippen MR) is 108 cm³/mol. The van der Waals surface area contributed by atoms with E-state index in [9.17, 15) is 17.2 Å². The van der Waals surface area contributed by atoms with Crippen LogP contribution in [0.4, 0.5) is 8.78 Å². The highest BCUT2D eigenvalue weighted by Crippen LogP contribution is 2.45. The van der Waals surface area contributed by atoms with Crippen molar-refractivity contribution in [2.75, 3.05) is 0 Å². The molecule has 0 aliphatic carbocycles. The van der Waals surface area contributed by atoms with Crippen molar-refractivity contribution in [3.63, 3.8) is 0 Å². The Bertz CT molecular complexity index is 1230. The molecule has 9 nitrogen and oxygen atoms in total. The third kappa shape index (κ3) is 3.69. The van der Waals surface area contributed by atoms with Crippen molar-refractivity contribution in [1.82, 2.24) is 33.9 Å². The second-order valence-corrected chi connectivity index (χ2v) is 9.37. The molecule has 1 aliphatic rings. The molecule has 0 bridgehead atoms. The lowest BCUT2D eigenvalue weighted by Gasteiger charge is -2.55. The SMILES string of the molecule is [B]C1([B])CC(c2cn3ncnc3cc2C(F)F)CC([B])([B])N1S(=O)(=O)c1cn(C)nn1. The zero-order valence-electron chi connectivity index (χ0n) is 16.3. The lowest BCUT2D eigenvalue weighted by molar-refractivity contribution is 0.146. The van der Waals surface area contributed by atoms with Crippen molar-refractivity contribution in [2.45, 2.75) is 40.9 Å². The first kappa shape index (κ1) is 22.0. The van der Waals surface area contributed by atoms with Gasteiger partial charge in [-0.3, -0.25) is 4.68 Å². The van der Waals surface area contributed by atoms with Gasteiger partial charge in [-0.25, -0.2) is 31.0 Å². The van der Waals surface area contributed by atoms with Crippen molar-refractivity contribution < 1.29 is 17.2 Å². The van der Waals surface area contributed by atoms with Crippen molar-refractivity contribution in [3.8, 4) is 0 Å². The number of fused-ring (bicyclic) bond motifs is 1. The monoisotopic (exact) mass is 437 g/mol. The Morgan fingerprint density at radius 3 is 2.35 bits per heavy atom. The van der Waals surface area contributed by atoms with Crippen molar-refractivity contribution >= 4 is 47.1 Å². The summed E-state index contributed by atoms with van der Waals surface area (Å²) in [4.78, 5) is 3.90. The first-order chi connectivity index (χ1) is 14.3.